The van der Waals surface area contributed by atoms with Crippen molar-refractivity contribution in [1.29, 1.82) is 0 Å². The summed E-state index contributed by atoms with van der Waals surface area (Å²) in [5.74, 6) is 1.49. The molecule has 0 radical (unpaired) electrons. The average molecular weight is 388 g/mol. The minimum atomic E-state index is 0.464. The molecule has 134 valence electrons. The van der Waals surface area contributed by atoms with E-state index in [1.165, 1.54) is 0 Å². The van der Waals surface area contributed by atoms with Gasteiger partial charge in [-0.25, -0.2) is 0 Å². The summed E-state index contributed by atoms with van der Waals surface area (Å²) in [6.07, 6.45) is 0. The summed E-state index contributed by atoms with van der Waals surface area (Å²) in [5, 5.41) is 4.64. The molecule has 3 aromatic rings. The van der Waals surface area contributed by atoms with Crippen molar-refractivity contribution >= 4 is 28.9 Å². The monoisotopic (exact) mass is 387 g/mol. The lowest BCUT2D eigenvalue weighted by Gasteiger charge is -2.14. The van der Waals surface area contributed by atoms with Crippen molar-refractivity contribution in [3.8, 4) is 11.5 Å². The first-order chi connectivity index (χ1) is 12.7. The summed E-state index contributed by atoms with van der Waals surface area (Å²) in [4.78, 5) is 0. The largest absolute Gasteiger partial charge is 0.495 e. The first kappa shape index (κ1) is 18.4. The van der Waals surface area contributed by atoms with E-state index in [1.54, 1.807) is 7.11 Å². The first-order valence-electron chi connectivity index (χ1n) is 8.18. The highest BCUT2D eigenvalue weighted by Crippen LogP contribution is 2.28. The number of rotatable bonds is 7. The van der Waals surface area contributed by atoms with Gasteiger partial charge in [-0.05, 0) is 42.0 Å². The van der Waals surface area contributed by atoms with E-state index >= 15 is 0 Å². The number of nitrogens with one attached hydrogen (secondary N) is 1. The highest BCUT2D eigenvalue weighted by Gasteiger charge is 2.06. The van der Waals surface area contributed by atoms with Crippen LogP contribution in [0.2, 0.25) is 10.0 Å². The molecule has 0 aliphatic rings. The van der Waals surface area contributed by atoms with Gasteiger partial charge in [0.25, 0.3) is 0 Å². The standard InChI is InChI=1S/C21H19Cl2NO2/c1-25-21-10-9-18(12-19(21)23)24-13-16-6-2-3-8-20(16)26-14-15-5-4-7-17(22)11-15/h2-12,24H,13-14H2,1H3. The number of hydrogen-bond donors (Lipinski definition) is 1. The van der Waals surface area contributed by atoms with E-state index in [2.05, 4.69) is 5.32 Å². The van der Waals surface area contributed by atoms with Crippen molar-refractivity contribution in [1.82, 2.24) is 0 Å². The zero-order valence-electron chi connectivity index (χ0n) is 14.3. The Bertz CT molecular complexity index is 883. The Kier molecular flexibility index (Phi) is 6.26. The quantitative estimate of drug-likeness (QED) is 0.523. The molecule has 0 saturated heterocycles. The average Bonchev–Trinajstić information content (AvgIpc) is 2.65. The van der Waals surface area contributed by atoms with Crippen LogP contribution in [-0.2, 0) is 13.2 Å². The third-order valence-corrected chi connectivity index (χ3v) is 4.42. The van der Waals surface area contributed by atoms with Crippen LogP contribution in [0.25, 0.3) is 0 Å². The Balaban J connectivity index is 1.66. The van der Waals surface area contributed by atoms with Crippen molar-refractivity contribution in [3.63, 3.8) is 0 Å². The maximum Gasteiger partial charge on any atom is 0.137 e. The van der Waals surface area contributed by atoms with Crippen LogP contribution in [0.5, 0.6) is 11.5 Å². The normalized spacial score (nSPS) is 10.4. The summed E-state index contributed by atoms with van der Waals surface area (Å²) < 4.78 is 11.2. The molecule has 0 unspecified atom stereocenters. The molecule has 3 nitrogen and oxygen atoms in total. The molecule has 0 aliphatic carbocycles. The maximum atomic E-state index is 6.17. The van der Waals surface area contributed by atoms with E-state index in [9.17, 15) is 0 Å². The minimum absolute atomic E-state index is 0.464. The Labute approximate surface area is 163 Å². The molecular weight excluding hydrogens is 369 g/mol. The highest BCUT2D eigenvalue weighted by molar-refractivity contribution is 6.32. The fourth-order valence-electron chi connectivity index (χ4n) is 2.55. The third kappa shape index (κ3) is 4.84. The SMILES string of the molecule is COc1ccc(NCc2ccccc2OCc2cccc(Cl)c2)cc1Cl. The van der Waals surface area contributed by atoms with Crippen LogP contribution in [-0.4, -0.2) is 7.11 Å². The van der Waals surface area contributed by atoms with Gasteiger partial charge in [-0.1, -0.05) is 53.5 Å². The second kappa shape index (κ2) is 8.84. The van der Waals surface area contributed by atoms with Gasteiger partial charge in [0, 0.05) is 22.8 Å². The van der Waals surface area contributed by atoms with Crippen LogP contribution in [0.4, 0.5) is 5.69 Å². The smallest absolute Gasteiger partial charge is 0.137 e. The summed E-state index contributed by atoms with van der Waals surface area (Å²) in [6, 6.07) is 21.2. The van der Waals surface area contributed by atoms with E-state index in [0.717, 1.165) is 22.6 Å². The van der Waals surface area contributed by atoms with Crippen molar-refractivity contribution < 1.29 is 9.47 Å². The summed E-state index contributed by atoms with van der Waals surface area (Å²) >= 11 is 12.2. The number of benzene rings is 3. The van der Waals surface area contributed by atoms with Crippen molar-refractivity contribution in [2.75, 3.05) is 12.4 Å². The number of anilines is 1. The summed E-state index contributed by atoms with van der Waals surface area (Å²) in [6.45, 7) is 1.08. The molecule has 0 aliphatic heterocycles. The molecule has 0 saturated carbocycles. The second-order valence-electron chi connectivity index (χ2n) is 5.73. The number of para-hydroxylation sites is 1. The predicted molar refractivity (Wildman–Crippen MR) is 108 cm³/mol. The van der Waals surface area contributed by atoms with Gasteiger partial charge in [0.2, 0.25) is 0 Å². The molecule has 0 atom stereocenters. The molecule has 1 N–H and O–H groups in total. The van der Waals surface area contributed by atoms with Crippen LogP contribution in [0, 0.1) is 0 Å². The van der Waals surface area contributed by atoms with Gasteiger partial charge in [-0.3, -0.25) is 0 Å². The predicted octanol–water partition coefficient (Wildman–Crippen LogP) is 6.19. The van der Waals surface area contributed by atoms with E-state index in [4.69, 9.17) is 32.7 Å². The second-order valence-corrected chi connectivity index (χ2v) is 6.57. The van der Waals surface area contributed by atoms with Crippen molar-refractivity contribution in [2.45, 2.75) is 13.2 Å². The molecule has 3 aromatic carbocycles. The molecule has 0 amide bonds. The Morgan fingerprint density at radius 2 is 1.73 bits per heavy atom. The lowest BCUT2D eigenvalue weighted by molar-refractivity contribution is 0.303. The molecule has 0 bridgehead atoms. The number of halogens is 2. The topological polar surface area (TPSA) is 30.5 Å². The van der Waals surface area contributed by atoms with E-state index < -0.39 is 0 Å². The summed E-state index contributed by atoms with van der Waals surface area (Å²) in [5.41, 5.74) is 3.00. The van der Waals surface area contributed by atoms with Crippen LogP contribution in [0.3, 0.4) is 0 Å². The number of ether oxygens (including phenoxy) is 2. The van der Waals surface area contributed by atoms with Gasteiger partial charge in [0.05, 0.1) is 12.1 Å². The molecule has 26 heavy (non-hydrogen) atoms. The van der Waals surface area contributed by atoms with Crippen LogP contribution in [0.1, 0.15) is 11.1 Å². The lowest BCUT2D eigenvalue weighted by Crippen LogP contribution is -2.03. The van der Waals surface area contributed by atoms with Gasteiger partial charge in [-0.15, -0.1) is 0 Å². The Hall–Kier alpha value is -2.36. The van der Waals surface area contributed by atoms with Crippen LogP contribution >= 0.6 is 23.2 Å². The third-order valence-electron chi connectivity index (χ3n) is 3.89. The van der Waals surface area contributed by atoms with Crippen LogP contribution in [0.15, 0.2) is 66.7 Å². The highest BCUT2D eigenvalue weighted by atomic mass is 35.5. The van der Waals surface area contributed by atoms with Crippen molar-refractivity contribution in [2.24, 2.45) is 0 Å². The molecule has 0 heterocycles. The molecule has 5 heteroatoms. The maximum absolute atomic E-state index is 6.17. The molecule has 0 fully saturated rings. The summed E-state index contributed by atoms with van der Waals surface area (Å²) in [7, 11) is 1.60. The molecular formula is C21H19Cl2NO2. The van der Waals surface area contributed by atoms with Gasteiger partial charge < -0.3 is 14.8 Å². The lowest BCUT2D eigenvalue weighted by atomic mass is 10.2. The number of methoxy groups -OCH3 is 1. The Morgan fingerprint density at radius 1 is 0.885 bits per heavy atom. The van der Waals surface area contributed by atoms with E-state index in [0.29, 0.717) is 28.9 Å². The molecule has 0 aromatic heterocycles. The van der Waals surface area contributed by atoms with Gasteiger partial charge >= 0.3 is 0 Å². The zero-order chi connectivity index (χ0) is 18.4. The Morgan fingerprint density at radius 3 is 2.50 bits per heavy atom. The van der Waals surface area contributed by atoms with Crippen LogP contribution < -0.4 is 14.8 Å². The van der Waals surface area contributed by atoms with E-state index in [1.807, 2.05) is 66.7 Å². The van der Waals surface area contributed by atoms with Gasteiger partial charge in [-0.2, -0.15) is 0 Å². The fourth-order valence-corrected chi connectivity index (χ4v) is 3.02. The molecule has 0 spiro atoms. The minimum Gasteiger partial charge on any atom is -0.495 e. The first-order valence-corrected chi connectivity index (χ1v) is 8.94. The van der Waals surface area contributed by atoms with Gasteiger partial charge in [0.15, 0.2) is 0 Å². The fraction of sp³-hybridized carbons (Fsp3) is 0.143. The van der Waals surface area contributed by atoms with Gasteiger partial charge in [0.1, 0.15) is 18.1 Å². The van der Waals surface area contributed by atoms with Crippen molar-refractivity contribution in [3.05, 3.63) is 87.9 Å². The number of hydrogen-bond acceptors (Lipinski definition) is 3. The van der Waals surface area contributed by atoms with E-state index in [-0.39, 0.29) is 0 Å². The molecule has 3 rings (SSSR count). The zero-order valence-corrected chi connectivity index (χ0v) is 15.8.